The van der Waals surface area contributed by atoms with Crippen molar-refractivity contribution in [3.8, 4) is 12.3 Å². The van der Waals surface area contributed by atoms with Gasteiger partial charge < -0.3 is 9.53 Å². The van der Waals surface area contributed by atoms with E-state index in [9.17, 15) is 5.11 Å². The molecule has 2 unspecified atom stereocenters. The van der Waals surface area contributed by atoms with E-state index in [0.29, 0.717) is 23.0 Å². The lowest BCUT2D eigenvalue weighted by atomic mass is 10.2. The van der Waals surface area contributed by atoms with Gasteiger partial charge in [0.15, 0.2) is 0 Å². The molecule has 0 aliphatic carbocycles. The monoisotopic (exact) mass is 282 g/mol. The van der Waals surface area contributed by atoms with Crippen molar-refractivity contribution in [1.29, 1.82) is 0 Å². The molecule has 0 spiro atoms. The highest BCUT2D eigenvalue weighted by Gasteiger charge is 2.46. The highest BCUT2D eigenvalue weighted by Crippen LogP contribution is 2.43. The van der Waals surface area contributed by atoms with E-state index in [0.717, 1.165) is 0 Å². The highest BCUT2D eigenvalue weighted by atomic mass is 28.4. The zero-order valence-corrected chi connectivity index (χ0v) is 14.3. The topological polar surface area (TPSA) is 29.5 Å². The van der Waals surface area contributed by atoms with Crippen molar-refractivity contribution in [2.75, 3.05) is 0 Å². The normalized spacial score (nSPS) is 15.6. The van der Waals surface area contributed by atoms with E-state index in [1.54, 1.807) is 0 Å². The summed E-state index contributed by atoms with van der Waals surface area (Å²) in [4.78, 5) is 0. The van der Waals surface area contributed by atoms with Crippen LogP contribution in [0, 0.1) is 12.3 Å². The Bertz CT molecular complexity index is 293. The van der Waals surface area contributed by atoms with Gasteiger partial charge in [-0.3, -0.25) is 0 Å². The Morgan fingerprint density at radius 1 is 1.16 bits per heavy atom. The Hall–Kier alpha value is -0.563. The van der Waals surface area contributed by atoms with Crippen LogP contribution in [0.15, 0.2) is 12.7 Å². The van der Waals surface area contributed by atoms with Crippen LogP contribution in [0.4, 0.5) is 0 Å². The molecule has 0 aromatic heterocycles. The van der Waals surface area contributed by atoms with Crippen LogP contribution in [0.3, 0.4) is 0 Å². The number of aliphatic hydroxyl groups is 1. The Morgan fingerprint density at radius 3 is 1.84 bits per heavy atom. The molecule has 3 heteroatoms. The third-order valence-corrected chi connectivity index (χ3v) is 10.1. The predicted octanol–water partition coefficient (Wildman–Crippen LogP) is 4.12. The van der Waals surface area contributed by atoms with Crippen LogP contribution < -0.4 is 0 Å². The van der Waals surface area contributed by atoms with Crippen molar-refractivity contribution >= 4 is 8.32 Å². The quantitative estimate of drug-likeness (QED) is 0.412. The van der Waals surface area contributed by atoms with Crippen LogP contribution >= 0.6 is 0 Å². The van der Waals surface area contributed by atoms with Crippen LogP contribution in [-0.2, 0) is 4.43 Å². The maximum atomic E-state index is 9.69. The number of terminal acetylenes is 1. The highest BCUT2D eigenvalue weighted by molar-refractivity contribution is 6.77. The molecule has 110 valence electrons. The summed E-state index contributed by atoms with van der Waals surface area (Å²) in [7, 11) is -1.98. The summed E-state index contributed by atoms with van der Waals surface area (Å²) in [6, 6.07) is 0. The molecule has 0 rings (SSSR count). The number of hydrogen-bond acceptors (Lipinski definition) is 2. The van der Waals surface area contributed by atoms with E-state index in [4.69, 9.17) is 10.8 Å². The standard InChI is InChI=1S/C16H30O2Si/c1-9-15(17)11-16(10-2)18-19(12(3)4,13(5)6)14(7)8/h2,9,12-17H,1,11H2,3-8H3. The Balaban J connectivity index is 5.19. The molecule has 1 N–H and O–H groups in total. The molecular formula is C16H30O2Si. The minimum absolute atomic E-state index is 0.327. The van der Waals surface area contributed by atoms with E-state index in [1.165, 1.54) is 6.08 Å². The molecule has 0 aliphatic rings. The van der Waals surface area contributed by atoms with Gasteiger partial charge in [0.2, 0.25) is 8.32 Å². The molecule has 0 radical (unpaired) electrons. The van der Waals surface area contributed by atoms with Gasteiger partial charge in [0.05, 0.1) is 6.10 Å². The van der Waals surface area contributed by atoms with Crippen LogP contribution in [-0.4, -0.2) is 25.6 Å². The fourth-order valence-electron chi connectivity index (χ4n) is 3.12. The lowest BCUT2D eigenvalue weighted by Gasteiger charge is -2.43. The van der Waals surface area contributed by atoms with Gasteiger partial charge in [-0.05, 0) is 16.6 Å². The van der Waals surface area contributed by atoms with Crippen molar-refractivity contribution in [1.82, 2.24) is 0 Å². The van der Waals surface area contributed by atoms with Crippen LogP contribution in [0.1, 0.15) is 48.0 Å². The summed E-state index contributed by atoms with van der Waals surface area (Å²) in [6.07, 6.45) is 6.60. The van der Waals surface area contributed by atoms with Crippen molar-refractivity contribution in [2.24, 2.45) is 0 Å². The minimum Gasteiger partial charge on any atom is -0.402 e. The van der Waals surface area contributed by atoms with Gasteiger partial charge in [-0.25, -0.2) is 0 Å². The number of rotatable bonds is 8. The summed E-state index contributed by atoms with van der Waals surface area (Å²) in [5, 5.41) is 9.69. The van der Waals surface area contributed by atoms with E-state index < -0.39 is 14.4 Å². The second kappa shape index (κ2) is 7.89. The molecule has 0 fully saturated rings. The third kappa shape index (κ3) is 4.49. The smallest absolute Gasteiger partial charge is 0.202 e. The molecule has 0 aromatic rings. The van der Waals surface area contributed by atoms with Crippen molar-refractivity contribution in [2.45, 2.75) is 76.8 Å². The van der Waals surface area contributed by atoms with Gasteiger partial charge in [0, 0.05) is 6.42 Å². The van der Waals surface area contributed by atoms with Gasteiger partial charge >= 0.3 is 0 Å². The second-order valence-electron chi connectivity index (χ2n) is 6.13. The first-order valence-corrected chi connectivity index (χ1v) is 9.30. The van der Waals surface area contributed by atoms with Crippen molar-refractivity contribution in [3.63, 3.8) is 0 Å². The summed E-state index contributed by atoms with van der Waals surface area (Å²) in [6.45, 7) is 16.9. The van der Waals surface area contributed by atoms with Gasteiger partial charge in [0.1, 0.15) is 6.10 Å². The van der Waals surface area contributed by atoms with E-state index in [2.05, 4.69) is 54.0 Å². The lowest BCUT2D eigenvalue weighted by Crippen LogP contribution is -2.50. The van der Waals surface area contributed by atoms with E-state index >= 15 is 0 Å². The van der Waals surface area contributed by atoms with Crippen LogP contribution in [0.5, 0.6) is 0 Å². The van der Waals surface area contributed by atoms with E-state index in [-0.39, 0.29) is 6.10 Å². The van der Waals surface area contributed by atoms with Gasteiger partial charge in [0.25, 0.3) is 0 Å². The minimum atomic E-state index is -1.98. The molecular weight excluding hydrogens is 252 g/mol. The maximum absolute atomic E-state index is 9.69. The van der Waals surface area contributed by atoms with Crippen molar-refractivity contribution in [3.05, 3.63) is 12.7 Å². The Labute approximate surface area is 120 Å². The summed E-state index contributed by atoms with van der Waals surface area (Å²) < 4.78 is 6.44. The fraction of sp³-hybridized carbons (Fsp3) is 0.750. The van der Waals surface area contributed by atoms with Crippen LogP contribution in [0.2, 0.25) is 16.6 Å². The first kappa shape index (κ1) is 18.4. The molecule has 2 nitrogen and oxygen atoms in total. The molecule has 0 saturated heterocycles. The summed E-state index contributed by atoms with van der Waals surface area (Å²) in [5.41, 5.74) is 1.47. The molecule has 0 saturated carbocycles. The van der Waals surface area contributed by atoms with Gasteiger partial charge in [-0.15, -0.1) is 13.0 Å². The maximum Gasteiger partial charge on any atom is 0.202 e. The van der Waals surface area contributed by atoms with Gasteiger partial charge in [-0.1, -0.05) is 53.5 Å². The zero-order chi connectivity index (χ0) is 15.2. The summed E-state index contributed by atoms with van der Waals surface area (Å²) >= 11 is 0. The average Bonchev–Trinajstić information content (AvgIpc) is 2.32. The van der Waals surface area contributed by atoms with E-state index in [1.807, 2.05) is 0 Å². The first-order chi connectivity index (χ1) is 8.72. The molecule has 2 atom stereocenters. The lowest BCUT2D eigenvalue weighted by molar-refractivity contribution is 0.139. The average molecular weight is 282 g/mol. The molecule has 0 aromatic carbocycles. The zero-order valence-electron chi connectivity index (χ0n) is 13.3. The first-order valence-electron chi connectivity index (χ1n) is 7.16. The molecule has 0 amide bonds. The molecule has 0 bridgehead atoms. The molecule has 0 heterocycles. The SMILES string of the molecule is C#CC(CC(O)C=C)O[Si](C(C)C)(C(C)C)C(C)C. The second-order valence-corrected chi connectivity index (χ2v) is 11.5. The predicted molar refractivity (Wildman–Crippen MR) is 85.6 cm³/mol. The Morgan fingerprint density at radius 2 is 1.58 bits per heavy atom. The largest absolute Gasteiger partial charge is 0.402 e. The van der Waals surface area contributed by atoms with Gasteiger partial charge in [-0.2, -0.15) is 0 Å². The molecule has 0 aliphatic heterocycles. The third-order valence-electron chi connectivity index (χ3n) is 3.97. The number of aliphatic hydroxyl groups excluding tert-OH is 1. The number of hydrogen-bond donors (Lipinski definition) is 1. The summed E-state index contributed by atoms with van der Waals surface area (Å²) in [5.74, 6) is 2.69. The molecule has 19 heavy (non-hydrogen) atoms. The van der Waals surface area contributed by atoms with Crippen LogP contribution in [0.25, 0.3) is 0 Å². The van der Waals surface area contributed by atoms with Crippen molar-refractivity contribution < 1.29 is 9.53 Å². The fourth-order valence-corrected chi connectivity index (χ4v) is 8.59. The Kier molecular flexibility index (Phi) is 7.66.